The zero-order chi connectivity index (χ0) is 11.7. The molecule has 0 aliphatic carbocycles. The van der Waals surface area contributed by atoms with E-state index in [9.17, 15) is 9.18 Å². The average molecular weight is 221 g/mol. The van der Waals surface area contributed by atoms with Gasteiger partial charge in [-0.3, -0.25) is 4.79 Å². The molecule has 1 atom stereocenters. The lowest BCUT2D eigenvalue weighted by atomic mass is 10.2. The molecule has 0 aliphatic heterocycles. The number of hydrogen-bond acceptors (Lipinski definition) is 3. The summed E-state index contributed by atoms with van der Waals surface area (Å²) in [5, 5.41) is 0.258. The summed E-state index contributed by atoms with van der Waals surface area (Å²) < 4.78 is 12.9. The quantitative estimate of drug-likeness (QED) is 0.793. The van der Waals surface area contributed by atoms with Gasteiger partial charge in [0.25, 0.3) is 5.56 Å². The maximum absolute atomic E-state index is 12.9. The molecule has 0 radical (unpaired) electrons. The van der Waals surface area contributed by atoms with Gasteiger partial charge in [0.15, 0.2) is 0 Å². The summed E-state index contributed by atoms with van der Waals surface area (Å²) in [6, 6.07) is 3.87. The highest BCUT2D eigenvalue weighted by Gasteiger charge is 2.06. The predicted molar refractivity (Wildman–Crippen MR) is 59.7 cm³/mol. The summed E-state index contributed by atoms with van der Waals surface area (Å²) in [4.78, 5) is 18.4. The van der Waals surface area contributed by atoms with Gasteiger partial charge in [0.05, 0.1) is 10.9 Å². The highest BCUT2D eigenvalue weighted by atomic mass is 19.1. The van der Waals surface area contributed by atoms with E-state index in [4.69, 9.17) is 5.73 Å². The minimum atomic E-state index is -0.445. The van der Waals surface area contributed by atoms with Crippen molar-refractivity contribution in [1.82, 2.24) is 9.97 Å². The van der Waals surface area contributed by atoms with Gasteiger partial charge in [0, 0.05) is 12.5 Å². The standard InChI is InChI=1S/C11H12FN3O/c1-6(13)4-10-14-9-3-2-7(12)5-8(9)11(16)15-10/h2-3,5-6H,4,13H2,1H3,(H,14,15,16). The van der Waals surface area contributed by atoms with Crippen molar-refractivity contribution < 1.29 is 4.39 Å². The lowest BCUT2D eigenvalue weighted by Crippen LogP contribution is -2.22. The first kappa shape index (κ1) is 10.8. The molecule has 1 heterocycles. The van der Waals surface area contributed by atoms with Crippen LogP contribution in [0.5, 0.6) is 0 Å². The summed E-state index contributed by atoms with van der Waals surface area (Å²) in [6.07, 6.45) is 0.489. The van der Waals surface area contributed by atoms with Crippen LogP contribution in [0.4, 0.5) is 4.39 Å². The van der Waals surface area contributed by atoms with Crippen molar-refractivity contribution in [1.29, 1.82) is 0 Å². The van der Waals surface area contributed by atoms with Crippen molar-refractivity contribution in [3.63, 3.8) is 0 Å². The highest BCUT2D eigenvalue weighted by Crippen LogP contribution is 2.09. The molecule has 2 rings (SSSR count). The average Bonchev–Trinajstić information content (AvgIpc) is 2.18. The van der Waals surface area contributed by atoms with Gasteiger partial charge in [0.2, 0.25) is 0 Å². The Bertz CT molecular complexity index is 577. The number of nitrogens with one attached hydrogen (secondary N) is 1. The van der Waals surface area contributed by atoms with E-state index in [0.29, 0.717) is 17.8 Å². The van der Waals surface area contributed by atoms with E-state index in [2.05, 4.69) is 9.97 Å². The molecule has 0 aliphatic rings. The van der Waals surface area contributed by atoms with Gasteiger partial charge >= 0.3 is 0 Å². The number of nitrogens with zero attached hydrogens (tertiary/aromatic N) is 1. The molecule has 3 N–H and O–H groups in total. The third-order valence-electron chi connectivity index (χ3n) is 2.23. The molecule has 1 unspecified atom stereocenters. The maximum atomic E-state index is 12.9. The smallest absolute Gasteiger partial charge is 0.258 e. The van der Waals surface area contributed by atoms with Gasteiger partial charge in [-0.1, -0.05) is 0 Å². The zero-order valence-electron chi connectivity index (χ0n) is 8.83. The van der Waals surface area contributed by atoms with E-state index >= 15 is 0 Å². The Morgan fingerprint density at radius 2 is 2.31 bits per heavy atom. The van der Waals surface area contributed by atoms with E-state index in [0.717, 1.165) is 0 Å². The van der Waals surface area contributed by atoms with E-state index in [1.807, 2.05) is 6.92 Å². The summed E-state index contributed by atoms with van der Waals surface area (Å²) in [7, 11) is 0. The number of aromatic amines is 1. The van der Waals surface area contributed by atoms with Crippen LogP contribution in [0.1, 0.15) is 12.7 Å². The Balaban J connectivity index is 2.59. The van der Waals surface area contributed by atoms with Crippen LogP contribution in [0.15, 0.2) is 23.0 Å². The van der Waals surface area contributed by atoms with Crippen molar-refractivity contribution >= 4 is 10.9 Å². The lowest BCUT2D eigenvalue weighted by molar-refractivity contribution is 0.629. The van der Waals surface area contributed by atoms with Crippen LogP contribution in [0.2, 0.25) is 0 Å². The van der Waals surface area contributed by atoms with E-state index in [1.165, 1.54) is 18.2 Å². The minimum absolute atomic E-state index is 0.0824. The van der Waals surface area contributed by atoms with Gasteiger partial charge in [-0.05, 0) is 25.1 Å². The molecule has 5 heteroatoms. The van der Waals surface area contributed by atoms with Crippen molar-refractivity contribution in [2.45, 2.75) is 19.4 Å². The Hall–Kier alpha value is -1.75. The Morgan fingerprint density at radius 1 is 1.56 bits per heavy atom. The monoisotopic (exact) mass is 221 g/mol. The molecule has 0 saturated heterocycles. The maximum Gasteiger partial charge on any atom is 0.258 e. The van der Waals surface area contributed by atoms with Gasteiger partial charge in [0.1, 0.15) is 11.6 Å². The molecule has 0 bridgehead atoms. The molecule has 0 amide bonds. The normalized spacial score (nSPS) is 12.9. The molecule has 84 valence electrons. The topological polar surface area (TPSA) is 71.8 Å². The molecular weight excluding hydrogens is 209 g/mol. The fraction of sp³-hybridized carbons (Fsp3) is 0.273. The molecular formula is C11H12FN3O. The van der Waals surface area contributed by atoms with E-state index in [-0.39, 0.29) is 17.0 Å². The second-order valence-electron chi connectivity index (χ2n) is 3.86. The minimum Gasteiger partial charge on any atom is -0.328 e. The lowest BCUT2D eigenvalue weighted by Gasteiger charge is -2.05. The SMILES string of the molecule is CC(N)Cc1nc2ccc(F)cc2c(=O)[nH]1. The molecule has 1 aromatic heterocycles. The van der Waals surface area contributed by atoms with Crippen molar-refractivity contribution in [3.8, 4) is 0 Å². The van der Waals surface area contributed by atoms with Gasteiger partial charge in [-0.15, -0.1) is 0 Å². The second-order valence-corrected chi connectivity index (χ2v) is 3.86. The summed E-state index contributed by atoms with van der Waals surface area (Å²) in [5.74, 6) is 0.0823. The fourth-order valence-electron chi connectivity index (χ4n) is 1.56. The molecule has 0 fully saturated rings. The molecule has 16 heavy (non-hydrogen) atoms. The molecule has 1 aromatic carbocycles. The first-order valence-corrected chi connectivity index (χ1v) is 5.00. The van der Waals surface area contributed by atoms with Crippen LogP contribution in [-0.4, -0.2) is 16.0 Å². The molecule has 0 saturated carbocycles. The zero-order valence-corrected chi connectivity index (χ0v) is 8.83. The number of halogens is 1. The van der Waals surface area contributed by atoms with Gasteiger partial charge < -0.3 is 10.7 Å². The van der Waals surface area contributed by atoms with Crippen LogP contribution >= 0.6 is 0 Å². The summed E-state index contributed by atoms with van der Waals surface area (Å²) in [6.45, 7) is 1.83. The number of rotatable bonds is 2. The number of hydrogen-bond donors (Lipinski definition) is 2. The first-order chi connectivity index (χ1) is 7.56. The molecule has 0 spiro atoms. The van der Waals surface area contributed by atoms with Gasteiger partial charge in [-0.25, -0.2) is 9.37 Å². The second kappa shape index (κ2) is 4.02. The van der Waals surface area contributed by atoms with Gasteiger partial charge in [-0.2, -0.15) is 0 Å². The van der Waals surface area contributed by atoms with Crippen LogP contribution in [-0.2, 0) is 6.42 Å². The molecule has 2 aromatic rings. The van der Waals surface area contributed by atoms with E-state index < -0.39 is 5.82 Å². The predicted octanol–water partition coefficient (Wildman–Crippen LogP) is 0.952. The number of aromatic nitrogens is 2. The van der Waals surface area contributed by atoms with Crippen LogP contribution in [0.25, 0.3) is 10.9 Å². The van der Waals surface area contributed by atoms with Crippen LogP contribution in [0, 0.1) is 5.82 Å². The van der Waals surface area contributed by atoms with Crippen molar-refractivity contribution in [3.05, 3.63) is 40.2 Å². The fourth-order valence-corrected chi connectivity index (χ4v) is 1.56. The Kier molecular flexibility index (Phi) is 2.70. The van der Waals surface area contributed by atoms with Crippen LogP contribution < -0.4 is 11.3 Å². The van der Waals surface area contributed by atoms with E-state index in [1.54, 1.807) is 0 Å². The molecule has 4 nitrogen and oxygen atoms in total. The van der Waals surface area contributed by atoms with Crippen molar-refractivity contribution in [2.75, 3.05) is 0 Å². The number of nitrogens with two attached hydrogens (primary N) is 1. The number of benzene rings is 1. The van der Waals surface area contributed by atoms with Crippen LogP contribution in [0.3, 0.4) is 0 Å². The Labute approximate surface area is 91.3 Å². The largest absolute Gasteiger partial charge is 0.328 e. The third kappa shape index (κ3) is 2.09. The first-order valence-electron chi connectivity index (χ1n) is 5.00. The Morgan fingerprint density at radius 3 is 3.00 bits per heavy atom. The third-order valence-corrected chi connectivity index (χ3v) is 2.23. The van der Waals surface area contributed by atoms with Crippen molar-refractivity contribution in [2.24, 2.45) is 5.73 Å². The highest BCUT2D eigenvalue weighted by molar-refractivity contribution is 5.77. The summed E-state index contributed by atoms with van der Waals surface area (Å²) in [5.41, 5.74) is 5.77. The number of H-pyrrole nitrogens is 1. The number of fused-ring (bicyclic) bond motifs is 1. The summed E-state index contributed by atoms with van der Waals surface area (Å²) >= 11 is 0.